The van der Waals surface area contributed by atoms with Crippen molar-refractivity contribution in [3.8, 4) is 0 Å². The number of carbonyl (C=O) groups excluding carboxylic acids is 1. The van der Waals surface area contributed by atoms with E-state index >= 15 is 0 Å². The maximum absolute atomic E-state index is 12.4. The molecule has 5 nitrogen and oxygen atoms in total. The van der Waals surface area contributed by atoms with Gasteiger partial charge in [-0.2, -0.15) is 0 Å². The molecule has 0 bridgehead atoms. The molecule has 1 amide bonds. The zero-order chi connectivity index (χ0) is 20.1. The first kappa shape index (κ1) is 19.6. The minimum Gasteiger partial charge on any atom is -0.369 e. The van der Waals surface area contributed by atoms with Crippen LogP contribution in [0.25, 0.3) is 0 Å². The Bertz CT molecular complexity index is 931. The van der Waals surface area contributed by atoms with Crippen molar-refractivity contribution in [1.29, 1.82) is 0 Å². The van der Waals surface area contributed by atoms with Gasteiger partial charge in [-0.15, -0.1) is 11.3 Å². The van der Waals surface area contributed by atoms with E-state index in [0.29, 0.717) is 12.2 Å². The van der Waals surface area contributed by atoms with Crippen molar-refractivity contribution in [2.75, 3.05) is 31.1 Å². The third-order valence-corrected chi connectivity index (χ3v) is 6.04. The lowest BCUT2D eigenvalue weighted by molar-refractivity contribution is 0.0946. The molecule has 0 unspecified atom stereocenters. The lowest BCUT2D eigenvalue weighted by Gasteiger charge is -2.35. The van der Waals surface area contributed by atoms with Crippen molar-refractivity contribution in [2.24, 2.45) is 0 Å². The number of amides is 1. The van der Waals surface area contributed by atoms with Gasteiger partial charge < -0.3 is 10.2 Å². The molecule has 1 aliphatic rings. The van der Waals surface area contributed by atoms with Crippen molar-refractivity contribution < 1.29 is 4.79 Å². The summed E-state index contributed by atoms with van der Waals surface area (Å²) in [6.45, 7) is 7.47. The SMILES string of the molecule is Cc1ccc(N2CCN(Cc3nc(C(=O)NCc4ccccc4)cs3)CC2)cc1. The van der Waals surface area contributed by atoms with Crippen LogP contribution in [0.4, 0.5) is 5.69 Å². The van der Waals surface area contributed by atoms with Crippen LogP contribution < -0.4 is 10.2 Å². The van der Waals surface area contributed by atoms with Crippen LogP contribution in [0.15, 0.2) is 60.0 Å². The topological polar surface area (TPSA) is 48.5 Å². The predicted octanol–water partition coefficient (Wildman–Crippen LogP) is 3.70. The number of piperazine rings is 1. The molecule has 29 heavy (non-hydrogen) atoms. The van der Waals surface area contributed by atoms with Gasteiger partial charge in [0.25, 0.3) is 5.91 Å². The van der Waals surface area contributed by atoms with E-state index in [2.05, 4.69) is 51.3 Å². The monoisotopic (exact) mass is 406 g/mol. The molecule has 1 saturated heterocycles. The van der Waals surface area contributed by atoms with Gasteiger partial charge in [-0.1, -0.05) is 48.0 Å². The van der Waals surface area contributed by atoms with Gasteiger partial charge in [-0.3, -0.25) is 9.69 Å². The normalized spacial score (nSPS) is 14.7. The molecule has 0 saturated carbocycles. The van der Waals surface area contributed by atoms with Crippen LogP contribution in [0.2, 0.25) is 0 Å². The van der Waals surface area contributed by atoms with Crippen LogP contribution >= 0.6 is 11.3 Å². The molecule has 6 heteroatoms. The van der Waals surface area contributed by atoms with Crippen LogP contribution in [-0.4, -0.2) is 42.0 Å². The van der Waals surface area contributed by atoms with E-state index in [9.17, 15) is 4.79 Å². The van der Waals surface area contributed by atoms with E-state index in [-0.39, 0.29) is 5.91 Å². The molecular weight excluding hydrogens is 380 g/mol. The number of hydrogen-bond acceptors (Lipinski definition) is 5. The number of nitrogens with zero attached hydrogens (tertiary/aromatic N) is 3. The van der Waals surface area contributed by atoms with Crippen LogP contribution in [-0.2, 0) is 13.1 Å². The molecule has 2 aromatic carbocycles. The maximum atomic E-state index is 12.4. The smallest absolute Gasteiger partial charge is 0.271 e. The van der Waals surface area contributed by atoms with Gasteiger partial charge in [0.1, 0.15) is 10.7 Å². The molecule has 1 N–H and O–H groups in total. The fraction of sp³-hybridized carbons (Fsp3) is 0.304. The fourth-order valence-corrected chi connectivity index (χ4v) is 4.28. The van der Waals surface area contributed by atoms with E-state index in [1.165, 1.54) is 11.3 Å². The molecule has 1 aliphatic heterocycles. The Hall–Kier alpha value is -2.70. The second kappa shape index (κ2) is 9.20. The highest BCUT2D eigenvalue weighted by Crippen LogP contribution is 2.19. The van der Waals surface area contributed by atoms with Crippen LogP contribution in [0.1, 0.15) is 26.6 Å². The van der Waals surface area contributed by atoms with Crippen molar-refractivity contribution in [2.45, 2.75) is 20.0 Å². The average Bonchev–Trinajstić information content (AvgIpc) is 3.23. The number of thiazole rings is 1. The van der Waals surface area contributed by atoms with Gasteiger partial charge in [0.05, 0.1) is 6.54 Å². The third kappa shape index (κ3) is 5.22. The van der Waals surface area contributed by atoms with Gasteiger partial charge in [0.2, 0.25) is 0 Å². The maximum Gasteiger partial charge on any atom is 0.271 e. The molecule has 150 valence electrons. The Morgan fingerprint density at radius 2 is 1.76 bits per heavy atom. The summed E-state index contributed by atoms with van der Waals surface area (Å²) in [4.78, 5) is 21.8. The molecule has 4 rings (SSSR count). The molecule has 1 fully saturated rings. The minimum absolute atomic E-state index is 0.111. The number of anilines is 1. The van der Waals surface area contributed by atoms with Crippen molar-refractivity contribution in [3.05, 3.63) is 81.8 Å². The number of hydrogen-bond donors (Lipinski definition) is 1. The van der Waals surface area contributed by atoms with E-state index < -0.39 is 0 Å². The van der Waals surface area contributed by atoms with Crippen LogP contribution in [0.5, 0.6) is 0 Å². The number of benzene rings is 2. The number of nitrogens with one attached hydrogen (secondary N) is 1. The van der Waals surface area contributed by atoms with Crippen molar-refractivity contribution in [3.63, 3.8) is 0 Å². The Kier molecular flexibility index (Phi) is 6.22. The summed E-state index contributed by atoms with van der Waals surface area (Å²) in [6, 6.07) is 18.7. The second-order valence-corrected chi connectivity index (χ2v) is 8.34. The lowest BCUT2D eigenvalue weighted by atomic mass is 10.2. The summed E-state index contributed by atoms with van der Waals surface area (Å²) < 4.78 is 0. The van der Waals surface area contributed by atoms with Gasteiger partial charge in [0.15, 0.2) is 0 Å². The molecule has 1 aromatic heterocycles. The van der Waals surface area contributed by atoms with Crippen molar-refractivity contribution in [1.82, 2.24) is 15.2 Å². The first-order valence-electron chi connectivity index (χ1n) is 9.98. The third-order valence-electron chi connectivity index (χ3n) is 5.21. The van der Waals surface area contributed by atoms with E-state index in [0.717, 1.165) is 43.3 Å². The van der Waals surface area contributed by atoms with Gasteiger partial charge >= 0.3 is 0 Å². The van der Waals surface area contributed by atoms with Gasteiger partial charge in [0, 0.05) is 43.8 Å². The molecule has 0 atom stereocenters. The van der Waals surface area contributed by atoms with Gasteiger partial charge in [-0.05, 0) is 24.6 Å². The molecule has 0 radical (unpaired) electrons. The zero-order valence-corrected chi connectivity index (χ0v) is 17.5. The lowest BCUT2D eigenvalue weighted by Crippen LogP contribution is -2.45. The Morgan fingerprint density at radius 1 is 1.03 bits per heavy atom. The van der Waals surface area contributed by atoms with E-state index in [4.69, 9.17) is 0 Å². The Labute approximate surface area is 176 Å². The first-order valence-corrected chi connectivity index (χ1v) is 10.9. The minimum atomic E-state index is -0.111. The quantitative estimate of drug-likeness (QED) is 0.678. The zero-order valence-electron chi connectivity index (χ0n) is 16.7. The number of carbonyl (C=O) groups is 1. The predicted molar refractivity (Wildman–Crippen MR) is 118 cm³/mol. The summed E-state index contributed by atoms with van der Waals surface area (Å²) >= 11 is 1.56. The summed E-state index contributed by atoms with van der Waals surface area (Å²) in [6.07, 6.45) is 0. The van der Waals surface area contributed by atoms with Crippen molar-refractivity contribution >= 4 is 22.9 Å². The van der Waals surface area contributed by atoms with Gasteiger partial charge in [-0.25, -0.2) is 4.98 Å². The molecular formula is C23H26N4OS. The number of aryl methyl sites for hydroxylation is 1. The molecule has 0 aliphatic carbocycles. The highest BCUT2D eigenvalue weighted by molar-refractivity contribution is 7.09. The van der Waals surface area contributed by atoms with E-state index in [1.807, 2.05) is 35.7 Å². The Balaban J connectivity index is 1.26. The largest absolute Gasteiger partial charge is 0.369 e. The van der Waals surface area contributed by atoms with Crippen LogP contribution in [0.3, 0.4) is 0 Å². The summed E-state index contributed by atoms with van der Waals surface area (Å²) in [5, 5.41) is 5.80. The van der Waals surface area contributed by atoms with E-state index in [1.54, 1.807) is 11.3 Å². The Morgan fingerprint density at radius 3 is 2.48 bits per heavy atom. The summed E-state index contributed by atoms with van der Waals surface area (Å²) in [5.41, 5.74) is 4.18. The summed E-state index contributed by atoms with van der Waals surface area (Å²) in [7, 11) is 0. The highest BCUT2D eigenvalue weighted by Gasteiger charge is 2.19. The molecule has 3 aromatic rings. The number of aromatic nitrogens is 1. The highest BCUT2D eigenvalue weighted by atomic mass is 32.1. The number of rotatable bonds is 6. The fourth-order valence-electron chi connectivity index (χ4n) is 3.47. The molecule has 0 spiro atoms. The summed E-state index contributed by atoms with van der Waals surface area (Å²) in [5.74, 6) is -0.111. The molecule has 2 heterocycles. The second-order valence-electron chi connectivity index (χ2n) is 7.39. The average molecular weight is 407 g/mol. The standard InChI is InChI=1S/C23H26N4OS/c1-18-7-9-20(10-8-18)27-13-11-26(12-14-27)16-22-25-21(17-29-22)23(28)24-15-19-5-3-2-4-6-19/h2-10,17H,11-16H2,1H3,(H,24,28). The first-order chi connectivity index (χ1) is 14.2. The van der Waals surface area contributed by atoms with Crippen LogP contribution in [0, 0.1) is 6.92 Å².